The number of ether oxygens (including phenoxy) is 2. The molecule has 0 amide bonds. The summed E-state index contributed by atoms with van der Waals surface area (Å²) in [6, 6.07) is 0. The van der Waals surface area contributed by atoms with Gasteiger partial charge in [-0.05, 0) is 80.3 Å². The van der Waals surface area contributed by atoms with E-state index in [1.54, 1.807) is 26.0 Å². The van der Waals surface area contributed by atoms with Crippen LogP contribution in [0.4, 0.5) is 0 Å². The number of fused-ring (bicyclic) bond motifs is 3. The molecule has 1 aromatic rings. The highest BCUT2D eigenvalue weighted by Gasteiger charge is 2.76. The lowest BCUT2D eigenvalue weighted by Crippen LogP contribution is -2.65. The van der Waals surface area contributed by atoms with Crippen LogP contribution >= 0.6 is 0 Å². The van der Waals surface area contributed by atoms with Crippen LogP contribution in [-0.2, 0) is 20.8 Å². The van der Waals surface area contributed by atoms with Crippen molar-refractivity contribution in [3.63, 3.8) is 0 Å². The van der Waals surface area contributed by atoms with E-state index in [-0.39, 0.29) is 34.5 Å². The fraction of sp³-hybridized carbons (Fsp3) is 0.719. The number of aryl methyl sites for hydroxylation is 1. The second kappa shape index (κ2) is 9.59. The number of hydrogen-bond acceptors (Lipinski definition) is 8. The maximum atomic E-state index is 14.5. The number of carbonyl (C=O) groups excluding carboxylic acids is 2. The molecule has 0 aromatic carbocycles. The first-order valence-electron chi connectivity index (χ1n) is 15.1. The number of Topliss-reactive ketones (excluding diaryl/α,β-unsaturated/α-hetero) is 1. The van der Waals surface area contributed by atoms with Crippen molar-refractivity contribution >= 4 is 11.8 Å². The molecule has 3 N–H and O–H groups in total. The van der Waals surface area contributed by atoms with Crippen molar-refractivity contribution in [2.24, 2.45) is 40.4 Å². The third-order valence-corrected chi connectivity index (χ3v) is 11.5. The van der Waals surface area contributed by atoms with E-state index in [1.165, 1.54) is 0 Å². The standard InChI is InChI=1S/C32H44N2O7/c1-16-13-31-17(2)11-23-25(30(23,5)6)22(27(31)37)12-21(15-35)26(36)32(31,39)28(16)41-29(38)24-18(3)33-34(19(24)4)14-20-7-9-40-10-8-20/h12-13,17,20,22-23,25-26,28,35-36,39H,7-11,14-15H2,1-6H3/t17?,22-,23+,25-,26+,28-,31?,32-/m0/s1. The van der Waals surface area contributed by atoms with Crippen LogP contribution in [0.2, 0.25) is 0 Å². The van der Waals surface area contributed by atoms with Gasteiger partial charge < -0.3 is 24.8 Å². The SMILES string of the molecule is CC1=CC23C(=O)[C@@H](C=C(CO)[C@@H](O)[C@]2(O)[C@H]1OC(=O)c1c(C)nn(CC2CCOCC2)c1C)[C@H]1[C@@H](CC3C)C1(C)C. The molecule has 224 valence electrons. The van der Waals surface area contributed by atoms with E-state index in [0.29, 0.717) is 41.4 Å². The summed E-state index contributed by atoms with van der Waals surface area (Å²) >= 11 is 0. The van der Waals surface area contributed by atoms with Crippen molar-refractivity contribution < 1.29 is 34.4 Å². The lowest BCUT2D eigenvalue weighted by Gasteiger charge is -2.48. The Morgan fingerprint density at radius 3 is 2.56 bits per heavy atom. The minimum Gasteiger partial charge on any atom is -0.451 e. The number of aliphatic hydroxyl groups is 3. The van der Waals surface area contributed by atoms with E-state index >= 15 is 0 Å². The molecule has 9 nitrogen and oxygen atoms in total. The third-order valence-electron chi connectivity index (χ3n) is 11.5. The monoisotopic (exact) mass is 568 g/mol. The molecule has 4 aliphatic carbocycles. The zero-order chi connectivity index (χ0) is 29.6. The van der Waals surface area contributed by atoms with Crippen LogP contribution in [0.1, 0.15) is 68.7 Å². The Kier molecular flexibility index (Phi) is 6.73. The number of allylic oxidation sites excluding steroid dienone is 1. The van der Waals surface area contributed by atoms with Gasteiger partial charge in [-0.25, -0.2) is 4.79 Å². The molecule has 2 heterocycles. The molecule has 41 heavy (non-hydrogen) atoms. The Bertz CT molecular complexity index is 1340. The average Bonchev–Trinajstić information content (AvgIpc) is 3.27. The molecule has 2 saturated carbocycles. The summed E-state index contributed by atoms with van der Waals surface area (Å²) in [5, 5.41) is 39.4. The van der Waals surface area contributed by atoms with Gasteiger partial charge in [0.25, 0.3) is 0 Å². The molecule has 8 atom stereocenters. The molecule has 9 heteroatoms. The first kappa shape index (κ1) is 28.8. The van der Waals surface area contributed by atoms with E-state index in [9.17, 15) is 24.9 Å². The van der Waals surface area contributed by atoms with Crippen molar-refractivity contribution in [2.45, 2.75) is 85.2 Å². The summed E-state index contributed by atoms with van der Waals surface area (Å²) in [4.78, 5) is 28.4. The van der Waals surface area contributed by atoms with Gasteiger partial charge in [0.15, 0.2) is 17.5 Å². The van der Waals surface area contributed by atoms with Crippen LogP contribution in [-0.4, -0.2) is 74.5 Å². The molecule has 1 aliphatic heterocycles. The number of esters is 1. The van der Waals surface area contributed by atoms with Crippen molar-refractivity contribution in [3.8, 4) is 0 Å². The number of nitrogens with zero attached hydrogens (tertiary/aromatic N) is 2. The topological polar surface area (TPSA) is 131 Å². The summed E-state index contributed by atoms with van der Waals surface area (Å²) in [5.74, 6) is -0.923. The first-order chi connectivity index (χ1) is 19.3. The van der Waals surface area contributed by atoms with Gasteiger partial charge in [0.05, 0.1) is 23.4 Å². The molecule has 0 radical (unpaired) electrons. The molecular formula is C32H44N2O7. The quantitative estimate of drug-likeness (QED) is 0.365. The van der Waals surface area contributed by atoms with Gasteiger partial charge in [-0.1, -0.05) is 32.9 Å². The van der Waals surface area contributed by atoms with Crippen LogP contribution in [0.3, 0.4) is 0 Å². The second-order valence-corrected chi connectivity index (χ2v) is 13.9. The lowest BCUT2D eigenvalue weighted by atomic mass is 9.59. The van der Waals surface area contributed by atoms with E-state index in [0.717, 1.165) is 26.1 Å². The molecule has 5 aliphatic rings. The zero-order valence-corrected chi connectivity index (χ0v) is 25.0. The van der Waals surface area contributed by atoms with E-state index in [2.05, 4.69) is 18.9 Å². The number of rotatable bonds is 5. The van der Waals surface area contributed by atoms with Gasteiger partial charge in [-0.3, -0.25) is 9.48 Å². The van der Waals surface area contributed by atoms with E-state index in [4.69, 9.17) is 9.47 Å². The van der Waals surface area contributed by atoms with Crippen molar-refractivity contribution in [1.29, 1.82) is 0 Å². The normalized spacial score (nSPS) is 39.7. The van der Waals surface area contributed by atoms with Crippen molar-refractivity contribution in [2.75, 3.05) is 19.8 Å². The number of hydrogen-bond donors (Lipinski definition) is 3. The summed E-state index contributed by atoms with van der Waals surface area (Å²) < 4.78 is 13.4. The lowest BCUT2D eigenvalue weighted by molar-refractivity contribution is -0.190. The van der Waals surface area contributed by atoms with E-state index < -0.39 is 41.7 Å². The number of aromatic nitrogens is 2. The Morgan fingerprint density at radius 2 is 1.90 bits per heavy atom. The maximum Gasteiger partial charge on any atom is 0.342 e. The number of ketones is 1. The maximum absolute atomic E-state index is 14.5. The largest absolute Gasteiger partial charge is 0.451 e. The van der Waals surface area contributed by atoms with Gasteiger partial charge in [-0.15, -0.1) is 0 Å². The van der Waals surface area contributed by atoms with Crippen LogP contribution in [0, 0.1) is 54.3 Å². The number of carbonyl (C=O) groups is 2. The minimum absolute atomic E-state index is 0.0518. The smallest absolute Gasteiger partial charge is 0.342 e. The minimum atomic E-state index is -2.16. The predicted molar refractivity (Wildman–Crippen MR) is 150 cm³/mol. The Morgan fingerprint density at radius 1 is 1.22 bits per heavy atom. The Hall–Kier alpha value is -2.33. The molecule has 1 saturated heterocycles. The summed E-state index contributed by atoms with van der Waals surface area (Å²) in [7, 11) is 0. The van der Waals surface area contributed by atoms with Crippen molar-refractivity contribution in [1.82, 2.24) is 9.78 Å². The molecule has 2 bridgehead atoms. The molecule has 1 spiro atoms. The van der Waals surface area contributed by atoms with Crippen molar-refractivity contribution in [3.05, 3.63) is 40.2 Å². The molecule has 3 fully saturated rings. The summed E-state index contributed by atoms with van der Waals surface area (Å²) in [5.41, 5.74) is -1.41. The Balaban J connectivity index is 1.37. The van der Waals surface area contributed by atoms with Gasteiger partial charge in [-0.2, -0.15) is 5.10 Å². The third kappa shape index (κ3) is 3.84. The zero-order valence-electron chi connectivity index (χ0n) is 25.0. The van der Waals surface area contributed by atoms with Gasteiger partial charge >= 0.3 is 5.97 Å². The van der Waals surface area contributed by atoms with Gasteiger partial charge in [0, 0.05) is 25.7 Å². The fourth-order valence-electron chi connectivity index (χ4n) is 9.10. The number of aliphatic hydroxyl groups excluding tert-OH is 2. The molecular weight excluding hydrogens is 524 g/mol. The Labute approximate surface area is 241 Å². The average molecular weight is 569 g/mol. The van der Waals surface area contributed by atoms with Gasteiger partial charge in [0.1, 0.15) is 11.7 Å². The molecule has 1 aromatic heterocycles. The van der Waals surface area contributed by atoms with Crippen LogP contribution in [0.15, 0.2) is 23.3 Å². The fourth-order valence-corrected chi connectivity index (χ4v) is 9.10. The summed E-state index contributed by atoms with van der Waals surface area (Å²) in [6.07, 6.45) is 3.16. The highest BCUT2D eigenvalue weighted by atomic mass is 16.6. The van der Waals surface area contributed by atoms with Crippen LogP contribution in [0.5, 0.6) is 0 Å². The summed E-state index contributed by atoms with van der Waals surface area (Å²) in [6.45, 7) is 13.2. The highest BCUT2D eigenvalue weighted by Crippen LogP contribution is 2.71. The van der Waals surface area contributed by atoms with E-state index in [1.807, 2.05) is 18.5 Å². The van der Waals surface area contributed by atoms with Crippen LogP contribution in [0.25, 0.3) is 0 Å². The van der Waals surface area contributed by atoms with Crippen LogP contribution < -0.4 is 0 Å². The first-order valence-corrected chi connectivity index (χ1v) is 15.1. The molecule has 2 unspecified atom stereocenters. The highest BCUT2D eigenvalue weighted by molar-refractivity contribution is 5.96. The van der Waals surface area contributed by atoms with Gasteiger partial charge in [0.2, 0.25) is 0 Å². The predicted octanol–water partition coefficient (Wildman–Crippen LogP) is 2.92. The molecule has 6 rings (SSSR count). The second-order valence-electron chi connectivity index (χ2n) is 13.9.